The smallest absolute Gasteiger partial charge is 0.0578 e. The maximum Gasteiger partial charge on any atom is 0.0578 e. The zero-order valence-corrected chi connectivity index (χ0v) is 8.68. The lowest BCUT2D eigenvalue weighted by Gasteiger charge is -2.31. The fourth-order valence-electron chi connectivity index (χ4n) is 1.81. The normalized spacial score (nSPS) is 35.1. The van der Waals surface area contributed by atoms with Gasteiger partial charge in [0.05, 0.1) is 12.2 Å². The minimum absolute atomic E-state index is 0.494. The Morgan fingerprint density at radius 3 is 2.25 bits per heavy atom. The molecule has 0 spiro atoms. The molecule has 72 valence electrons. The summed E-state index contributed by atoms with van der Waals surface area (Å²) in [7, 11) is 0. The Hall–Kier alpha value is -0.300. The summed E-state index contributed by atoms with van der Waals surface area (Å²) in [5.74, 6) is 0.869. The zero-order valence-electron chi connectivity index (χ0n) is 8.68. The second-order valence-electron chi connectivity index (χ2n) is 3.55. The largest absolute Gasteiger partial charge is 0.375 e. The summed E-state index contributed by atoms with van der Waals surface area (Å²) in [4.78, 5) is 0. The Labute approximate surface area is 76.8 Å². The van der Waals surface area contributed by atoms with E-state index in [-0.39, 0.29) is 0 Å². The van der Waals surface area contributed by atoms with Crippen LogP contribution >= 0.6 is 0 Å². The predicted octanol–water partition coefficient (Wildman–Crippen LogP) is 3.40. The van der Waals surface area contributed by atoms with Gasteiger partial charge in [0, 0.05) is 0 Å². The first kappa shape index (κ1) is 11.7. The lowest BCUT2D eigenvalue weighted by molar-refractivity contribution is -0.0594. The Bertz CT molecular complexity index is 102. The van der Waals surface area contributed by atoms with Crippen molar-refractivity contribution in [1.82, 2.24) is 0 Å². The molecule has 0 aromatic carbocycles. The first-order chi connectivity index (χ1) is 5.72. The van der Waals surface area contributed by atoms with Crippen LogP contribution in [-0.2, 0) is 4.74 Å². The van der Waals surface area contributed by atoms with Crippen molar-refractivity contribution >= 4 is 0 Å². The highest BCUT2D eigenvalue weighted by Crippen LogP contribution is 2.25. The predicted molar refractivity (Wildman–Crippen MR) is 54.3 cm³/mol. The summed E-state index contributed by atoms with van der Waals surface area (Å²) in [6.07, 6.45) is 4.72. The maximum absolute atomic E-state index is 5.71. The van der Waals surface area contributed by atoms with Gasteiger partial charge in [-0.05, 0) is 32.1 Å². The minimum Gasteiger partial charge on any atom is -0.375 e. The van der Waals surface area contributed by atoms with Gasteiger partial charge in [0.1, 0.15) is 0 Å². The summed E-state index contributed by atoms with van der Waals surface area (Å²) in [6.45, 7) is 12.7. The molecule has 0 aliphatic carbocycles. The Kier molecular flexibility index (Phi) is 6.09. The lowest BCUT2D eigenvalue weighted by Crippen LogP contribution is -2.29. The molecule has 12 heavy (non-hydrogen) atoms. The molecule has 0 bridgehead atoms. The van der Waals surface area contributed by atoms with Gasteiger partial charge in [0.25, 0.3) is 0 Å². The van der Waals surface area contributed by atoms with Crippen molar-refractivity contribution in [2.24, 2.45) is 5.92 Å². The molecule has 1 unspecified atom stereocenters. The third kappa shape index (κ3) is 3.91. The summed E-state index contributed by atoms with van der Waals surface area (Å²) in [5.41, 5.74) is 0. The van der Waals surface area contributed by atoms with E-state index in [0.717, 1.165) is 5.92 Å². The fourth-order valence-corrected chi connectivity index (χ4v) is 1.81. The van der Waals surface area contributed by atoms with E-state index in [1.165, 1.54) is 19.3 Å². The van der Waals surface area contributed by atoms with E-state index in [2.05, 4.69) is 33.9 Å². The molecule has 1 heteroatoms. The van der Waals surface area contributed by atoms with E-state index in [1.54, 1.807) is 0 Å². The first-order valence-electron chi connectivity index (χ1n) is 4.87. The van der Waals surface area contributed by atoms with Crippen LogP contribution in [0.3, 0.4) is 0 Å². The summed E-state index contributed by atoms with van der Waals surface area (Å²) in [6, 6.07) is 0. The number of hydrogen-bond acceptors (Lipinski definition) is 1. The molecule has 0 radical (unpaired) electrons. The van der Waals surface area contributed by atoms with E-state index in [1.807, 2.05) is 0 Å². The fraction of sp³-hybridized carbons (Fsp3) is 0.818. The molecule has 1 nitrogen and oxygen atoms in total. The van der Waals surface area contributed by atoms with Crippen LogP contribution < -0.4 is 0 Å². The van der Waals surface area contributed by atoms with E-state index < -0.39 is 0 Å². The van der Waals surface area contributed by atoms with Crippen LogP contribution in [0.15, 0.2) is 13.2 Å². The van der Waals surface area contributed by atoms with Crippen LogP contribution in [0.25, 0.3) is 0 Å². The molecule has 0 amide bonds. The van der Waals surface area contributed by atoms with E-state index in [4.69, 9.17) is 4.74 Å². The molecule has 1 rings (SSSR count). The zero-order chi connectivity index (χ0) is 9.56. The van der Waals surface area contributed by atoms with Crippen LogP contribution in [0.4, 0.5) is 0 Å². The van der Waals surface area contributed by atoms with Crippen molar-refractivity contribution in [2.75, 3.05) is 0 Å². The van der Waals surface area contributed by atoms with Gasteiger partial charge in [-0.25, -0.2) is 0 Å². The van der Waals surface area contributed by atoms with Crippen molar-refractivity contribution in [2.45, 2.75) is 52.2 Å². The third-order valence-corrected chi connectivity index (χ3v) is 2.28. The van der Waals surface area contributed by atoms with Gasteiger partial charge in [-0.15, -0.1) is 13.2 Å². The van der Waals surface area contributed by atoms with Crippen molar-refractivity contribution < 1.29 is 4.74 Å². The van der Waals surface area contributed by atoms with Gasteiger partial charge in [-0.2, -0.15) is 0 Å². The number of hydrogen-bond donors (Lipinski definition) is 0. The van der Waals surface area contributed by atoms with Crippen molar-refractivity contribution in [3.05, 3.63) is 13.2 Å². The third-order valence-electron chi connectivity index (χ3n) is 2.28. The molecule has 1 aliphatic heterocycles. The maximum atomic E-state index is 5.71. The van der Waals surface area contributed by atoms with Crippen molar-refractivity contribution in [1.29, 1.82) is 0 Å². The van der Waals surface area contributed by atoms with E-state index >= 15 is 0 Å². The topological polar surface area (TPSA) is 9.23 Å². The average molecular weight is 170 g/mol. The standard InChI is InChI=1S/C9H18O.C2H4/c1-4-9-6-7(2)5-8(3)10-9;1-2/h7-9H,4-6H2,1-3H3;1-2H2/t7-,8?,9-;/m0./s1. The van der Waals surface area contributed by atoms with Crippen molar-refractivity contribution in [3.8, 4) is 0 Å². The molecule has 1 aliphatic rings. The monoisotopic (exact) mass is 170 g/mol. The molecule has 0 saturated carbocycles. The highest BCUT2D eigenvalue weighted by atomic mass is 16.5. The average Bonchev–Trinajstić information content (AvgIpc) is 2.06. The van der Waals surface area contributed by atoms with Gasteiger partial charge in [0.15, 0.2) is 0 Å². The van der Waals surface area contributed by atoms with Crippen LogP contribution in [-0.4, -0.2) is 12.2 Å². The van der Waals surface area contributed by atoms with E-state index in [0.29, 0.717) is 12.2 Å². The van der Waals surface area contributed by atoms with Crippen LogP contribution in [0, 0.1) is 5.92 Å². The molecule has 3 atom stereocenters. The SMILES string of the molecule is C=C.CC[C@H]1C[C@@H](C)CC(C)O1. The van der Waals surface area contributed by atoms with Gasteiger partial charge < -0.3 is 4.74 Å². The number of ether oxygens (including phenoxy) is 1. The second-order valence-corrected chi connectivity index (χ2v) is 3.55. The lowest BCUT2D eigenvalue weighted by atomic mass is 9.93. The molecule has 0 aromatic heterocycles. The molecule has 1 saturated heterocycles. The van der Waals surface area contributed by atoms with Crippen LogP contribution in [0.2, 0.25) is 0 Å². The molecule has 1 fully saturated rings. The summed E-state index contributed by atoms with van der Waals surface area (Å²) in [5, 5.41) is 0. The van der Waals surface area contributed by atoms with Crippen LogP contribution in [0.1, 0.15) is 40.0 Å². The van der Waals surface area contributed by atoms with E-state index in [9.17, 15) is 0 Å². The molecule has 0 N–H and O–H groups in total. The highest BCUT2D eigenvalue weighted by Gasteiger charge is 2.22. The minimum atomic E-state index is 0.494. The highest BCUT2D eigenvalue weighted by molar-refractivity contribution is 4.71. The molecule has 0 aromatic rings. The first-order valence-corrected chi connectivity index (χ1v) is 4.87. The van der Waals surface area contributed by atoms with Gasteiger partial charge in [-0.1, -0.05) is 13.8 Å². The van der Waals surface area contributed by atoms with Gasteiger partial charge in [-0.3, -0.25) is 0 Å². The Morgan fingerprint density at radius 2 is 1.83 bits per heavy atom. The molecule has 1 heterocycles. The summed E-state index contributed by atoms with van der Waals surface area (Å²) >= 11 is 0. The molecular weight excluding hydrogens is 148 g/mol. The second kappa shape index (κ2) is 6.24. The summed E-state index contributed by atoms with van der Waals surface area (Å²) < 4.78 is 5.71. The van der Waals surface area contributed by atoms with Crippen LogP contribution in [0.5, 0.6) is 0 Å². The number of rotatable bonds is 1. The van der Waals surface area contributed by atoms with Gasteiger partial charge >= 0.3 is 0 Å². The van der Waals surface area contributed by atoms with Gasteiger partial charge in [0.2, 0.25) is 0 Å². The quantitative estimate of drug-likeness (QED) is 0.548. The Morgan fingerprint density at radius 1 is 1.25 bits per heavy atom. The Balaban J connectivity index is 0.000000561. The van der Waals surface area contributed by atoms with Crippen molar-refractivity contribution in [3.63, 3.8) is 0 Å². The molecular formula is C11H22O.